The van der Waals surface area contributed by atoms with E-state index in [0.717, 1.165) is 6.26 Å². The lowest BCUT2D eigenvalue weighted by Gasteiger charge is -2.20. The van der Waals surface area contributed by atoms with Crippen LogP contribution in [0.15, 0.2) is 17.0 Å². The second-order valence-corrected chi connectivity index (χ2v) is 5.69. The summed E-state index contributed by atoms with van der Waals surface area (Å²) in [7, 11) is -3.38. The number of fused-ring (bicyclic) bond motifs is 1. The fourth-order valence-corrected chi connectivity index (χ4v) is 2.61. The number of hydrogen-bond acceptors (Lipinski definition) is 5. The number of benzene rings is 1. The summed E-state index contributed by atoms with van der Waals surface area (Å²) in [4.78, 5) is 0.128. The summed E-state index contributed by atoms with van der Waals surface area (Å²) in [6.07, 6.45) is 1.14. The van der Waals surface area contributed by atoms with Gasteiger partial charge in [-0.15, -0.1) is 0 Å². The molecule has 17 heavy (non-hydrogen) atoms. The summed E-state index contributed by atoms with van der Waals surface area (Å²) >= 11 is 0. The summed E-state index contributed by atoms with van der Waals surface area (Å²) in [5.41, 5.74) is 0.444. The standard InChI is InChI=1S/C11H11NO4S/c1-17(13,14)11-7-10-9(15-4-5-16-10)6-8(11)2-3-12/h6-7H,2,4-5H2,1H3. The number of ether oxygens (including phenoxy) is 2. The smallest absolute Gasteiger partial charge is 0.175 e. The lowest BCUT2D eigenvalue weighted by atomic mass is 10.1. The van der Waals surface area contributed by atoms with E-state index in [4.69, 9.17) is 14.7 Å². The van der Waals surface area contributed by atoms with Crippen molar-refractivity contribution in [3.05, 3.63) is 17.7 Å². The Morgan fingerprint density at radius 3 is 2.41 bits per heavy atom. The minimum atomic E-state index is -3.38. The predicted octanol–water partition coefficient (Wildman–Crippen LogP) is 0.927. The largest absolute Gasteiger partial charge is 0.486 e. The van der Waals surface area contributed by atoms with Crippen LogP contribution >= 0.6 is 0 Å². The van der Waals surface area contributed by atoms with E-state index >= 15 is 0 Å². The van der Waals surface area contributed by atoms with Gasteiger partial charge in [0.25, 0.3) is 0 Å². The molecule has 5 nitrogen and oxygen atoms in total. The maximum Gasteiger partial charge on any atom is 0.175 e. The van der Waals surface area contributed by atoms with E-state index in [9.17, 15) is 8.42 Å². The van der Waals surface area contributed by atoms with Gasteiger partial charge in [-0.1, -0.05) is 0 Å². The first-order chi connectivity index (χ1) is 8.02. The fourth-order valence-electron chi connectivity index (χ4n) is 1.68. The minimum Gasteiger partial charge on any atom is -0.486 e. The summed E-state index contributed by atoms with van der Waals surface area (Å²) < 4.78 is 33.9. The molecule has 1 aromatic carbocycles. The third-order valence-electron chi connectivity index (χ3n) is 2.39. The van der Waals surface area contributed by atoms with E-state index < -0.39 is 9.84 Å². The Kier molecular flexibility index (Phi) is 2.94. The quantitative estimate of drug-likeness (QED) is 0.783. The maximum atomic E-state index is 11.6. The molecule has 0 amide bonds. The molecule has 0 N–H and O–H groups in total. The fraction of sp³-hybridized carbons (Fsp3) is 0.364. The van der Waals surface area contributed by atoms with Crippen LogP contribution in [0.3, 0.4) is 0 Å². The van der Waals surface area contributed by atoms with Gasteiger partial charge in [0.2, 0.25) is 0 Å². The molecule has 1 heterocycles. The zero-order valence-electron chi connectivity index (χ0n) is 9.26. The van der Waals surface area contributed by atoms with E-state index in [1.807, 2.05) is 6.07 Å². The lowest BCUT2D eigenvalue weighted by Crippen LogP contribution is -2.16. The van der Waals surface area contributed by atoms with Crippen molar-refractivity contribution in [2.45, 2.75) is 11.3 Å². The summed E-state index contributed by atoms with van der Waals surface area (Å²) in [5, 5.41) is 8.70. The Hall–Kier alpha value is -1.74. The highest BCUT2D eigenvalue weighted by molar-refractivity contribution is 7.90. The Morgan fingerprint density at radius 1 is 1.29 bits per heavy atom. The molecule has 2 rings (SSSR count). The van der Waals surface area contributed by atoms with Crippen LogP contribution in [0.1, 0.15) is 5.56 Å². The molecule has 6 heteroatoms. The van der Waals surface area contributed by atoms with Gasteiger partial charge in [0.05, 0.1) is 17.4 Å². The van der Waals surface area contributed by atoms with E-state index in [1.54, 1.807) is 6.07 Å². The van der Waals surface area contributed by atoms with Gasteiger partial charge in [0.1, 0.15) is 13.2 Å². The number of nitriles is 1. The average Bonchev–Trinajstić information content (AvgIpc) is 2.27. The van der Waals surface area contributed by atoms with Crippen molar-refractivity contribution in [2.75, 3.05) is 19.5 Å². The van der Waals surface area contributed by atoms with Gasteiger partial charge in [-0.05, 0) is 11.6 Å². The first-order valence-electron chi connectivity index (χ1n) is 5.02. The molecule has 0 spiro atoms. The van der Waals surface area contributed by atoms with Crippen LogP contribution in [-0.4, -0.2) is 27.9 Å². The lowest BCUT2D eigenvalue weighted by molar-refractivity contribution is 0.171. The van der Waals surface area contributed by atoms with Crippen molar-refractivity contribution in [3.63, 3.8) is 0 Å². The minimum absolute atomic E-state index is 0.0268. The van der Waals surface area contributed by atoms with Crippen LogP contribution in [0.4, 0.5) is 0 Å². The zero-order chi connectivity index (χ0) is 12.5. The molecule has 1 aromatic rings. The van der Waals surface area contributed by atoms with Crippen molar-refractivity contribution in [1.82, 2.24) is 0 Å². The molecule has 0 atom stereocenters. The van der Waals surface area contributed by atoms with Crippen LogP contribution in [0, 0.1) is 11.3 Å². The first kappa shape index (κ1) is 11.7. The predicted molar refractivity (Wildman–Crippen MR) is 59.9 cm³/mol. The Balaban J connectivity index is 2.61. The molecule has 0 bridgehead atoms. The molecule has 0 unspecified atom stereocenters. The second-order valence-electron chi connectivity index (χ2n) is 3.71. The SMILES string of the molecule is CS(=O)(=O)c1cc2c(cc1CC#N)OCCO2. The molecular formula is C11H11NO4S. The highest BCUT2D eigenvalue weighted by Crippen LogP contribution is 2.35. The molecule has 0 saturated heterocycles. The number of rotatable bonds is 2. The van der Waals surface area contributed by atoms with E-state index in [-0.39, 0.29) is 11.3 Å². The third kappa shape index (κ3) is 2.34. The van der Waals surface area contributed by atoms with Crippen LogP contribution in [0.2, 0.25) is 0 Å². The zero-order valence-corrected chi connectivity index (χ0v) is 10.1. The highest BCUT2D eigenvalue weighted by atomic mass is 32.2. The summed E-state index contributed by atoms with van der Waals surface area (Å²) in [6.45, 7) is 0.824. The van der Waals surface area contributed by atoms with Gasteiger partial charge in [-0.25, -0.2) is 8.42 Å². The van der Waals surface area contributed by atoms with Crippen molar-refractivity contribution in [2.24, 2.45) is 0 Å². The second kappa shape index (κ2) is 4.26. The highest BCUT2D eigenvalue weighted by Gasteiger charge is 2.20. The number of nitrogens with zero attached hydrogens (tertiary/aromatic N) is 1. The van der Waals surface area contributed by atoms with Gasteiger partial charge >= 0.3 is 0 Å². The number of sulfone groups is 1. The average molecular weight is 253 g/mol. The van der Waals surface area contributed by atoms with Crippen molar-refractivity contribution < 1.29 is 17.9 Å². The molecule has 0 aromatic heterocycles. The normalized spacial score (nSPS) is 14.1. The third-order valence-corrected chi connectivity index (χ3v) is 3.57. The maximum absolute atomic E-state index is 11.6. The molecule has 1 aliphatic heterocycles. The Morgan fingerprint density at radius 2 is 1.88 bits per heavy atom. The molecule has 0 aliphatic carbocycles. The van der Waals surface area contributed by atoms with Crippen LogP contribution < -0.4 is 9.47 Å². The summed E-state index contributed by atoms with van der Waals surface area (Å²) in [6, 6.07) is 4.93. The van der Waals surface area contributed by atoms with Crippen molar-refractivity contribution in [1.29, 1.82) is 5.26 Å². The van der Waals surface area contributed by atoms with E-state index in [2.05, 4.69) is 0 Å². The molecule has 0 radical (unpaired) electrons. The molecule has 90 valence electrons. The Bertz CT molecular complexity index is 586. The monoisotopic (exact) mass is 253 g/mol. The van der Waals surface area contributed by atoms with Gasteiger partial charge < -0.3 is 9.47 Å². The molecule has 1 aliphatic rings. The Labute approximate surface area is 99.5 Å². The van der Waals surface area contributed by atoms with Gasteiger partial charge in [0.15, 0.2) is 21.3 Å². The molecule has 0 saturated carbocycles. The van der Waals surface area contributed by atoms with E-state index in [0.29, 0.717) is 30.3 Å². The van der Waals surface area contributed by atoms with Gasteiger partial charge in [-0.3, -0.25) is 0 Å². The molecular weight excluding hydrogens is 242 g/mol. The topological polar surface area (TPSA) is 76.4 Å². The van der Waals surface area contributed by atoms with Crippen LogP contribution in [0.25, 0.3) is 0 Å². The number of hydrogen-bond donors (Lipinski definition) is 0. The van der Waals surface area contributed by atoms with Crippen molar-refractivity contribution >= 4 is 9.84 Å². The molecule has 0 fully saturated rings. The van der Waals surface area contributed by atoms with Crippen LogP contribution in [0.5, 0.6) is 11.5 Å². The summed E-state index contributed by atoms with van der Waals surface area (Å²) in [5.74, 6) is 0.910. The van der Waals surface area contributed by atoms with Crippen molar-refractivity contribution in [3.8, 4) is 17.6 Å². The van der Waals surface area contributed by atoms with Crippen LogP contribution in [-0.2, 0) is 16.3 Å². The van der Waals surface area contributed by atoms with Gasteiger partial charge in [0, 0.05) is 12.3 Å². The van der Waals surface area contributed by atoms with E-state index in [1.165, 1.54) is 6.07 Å². The van der Waals surface area contributed by atoms with Gasteiger partial charge in [-0.2, -0.15) is 5.26 Å². The first-order valence-corrected chi connectivity index (χ1v) is 6.91.